The lowest BCUT2D eigenvalue weighted by Crippen LogP contribution is -2.14. The van der Waals surface area contributed by atoms with E-state index in [0.717, 1.165) is 15.8 Å². The van der Waals surface area contributed by atoms with Crippen LogP contribution in [0, 0.1) is 17.6 Å². The van der Waals surface area contributed by atoms with Crippen molar-refractivity contribution in [3.63, 3.8) is 0 Å². The van der Waals surface area contributed by atoms with Gasteiger partial charge >= 0.3 is 0 Å². The van der Waals surface area contributed by atoms with Crippen LogP contribution >= 0.6 is 27.3 Å². The molecular weight excluding hydrogens is 332 g/mol. The van der Waals surface area contributed by atoms with E-state index in [4.69, 9.17) is 5.73 Å². The van der Waals surface area contributed by atoms with Gasteiger partial charge in [-0.25, -0.2) is 8.78 Å². The summed E-state index contributed by atoms with van der Waals surface area (Å²) in [5.74, 6) is -0.847. The predicted molar refractivity (Wildman–Crippen MR) is 79.1 cm³/mol. The van der Waals surface area contributed by atoms with Gasteiger partial charge in [0, 0.05) is 27.4 Å². The van der Waals surface area contributed by atoms with Crippen LogP contribution in [-0.4, -0.2) is 0 Å². The molecule has 5 heteroatoms. The van der Waals surface area contributed by atoms with E-state index in [1.165, 1.54) is 17.4 Å². The lowest BCUT2D eigenvalue weighted by molar-refractivity contribution is 0.521. The van der Waals surface area contributed by atoms with Gasteiger partial charge in [0.2, 0.25) is 0 Å². The van der Waals surface area contributed by atoms with Crippen molar-refractivity contribution < 1.29 is 8.78 Å². The molecular formula is C14H14BrF2NS. The molecule has 0 aliphatic carbocycles. The number of thiophene rings is 1. The molecule has 0 aliphatic rings. The monoisotopic (exact) mass is 345 g/mol. The summed E-state index contributed by atoms with van der Waals surface area (Å²) in [5, 5.41) is 0. The molecule has 0 radical (unpaired) electrons. The Labute approximate surface area is 123 Å². The van der Waals surface area contributed by atoms with Crippen LogP contribution in [0.4, 0.5) is 8.78 Å². The molecule has 1 nitrogen and oxygen atoms in total. The molecule has 2 aromatic rings. The summed E-state index contributed by atoms with van der Waals surface area (Å²) in [6, 6.07) is 6.01. The lowest BCUT2D eigenvalue weighted by Gasteiger charge is -2.12. The van der Waals surface area contributed by atoms with Gasteiger partial charge in [0.05, 0.1) is 4.47 Å². The van der Waals surface area contributed by atoms with E-state index in [0.29, 0.717) is 11.5 Å². The maximum Gasteiger partial charge on any atom is 0.140 e. The largest absolute Gasteiger partial charge is 0.323 e. The fourth-order valence-electron chi connectivity index (χ4n) is 1.72. The first-order valence-electron chi connectivity index (χ1n) is 5.90. The van der Waals surface area contributed by atoms with Crippen molar-refractivity contribution in [2.75, 3.05) is 0 Å². The molecule has 0 saturated heterocycles. The number of halogens is 3. The minimum atomic E-state index is -0.600. The van der Waals surface area contributed by atoms with Crippen LogP contribution in [0.2, 0.25) is 0 Å². The highest BCUT2D eigenvalue weighted by atomic mass is 79.9. The van der Waals surface area contributed by atoms with E-state index in [-0.39, 0.29) is 10.5 Å². The van der Waals surface area contributed by atoms with Gasteiger partial charge in [-0.15, -0.1) is 11.3 Å². The fourth-order valence-corrected chi connectivity index (χ4v) is 3.26. The van der Waals surface area contributed by atoms with Crippen LogP contribution in [0.5, 0.6) is 0 Å². The van der Waals surface area contributed by atoms with E-state index in [9.17, 15) is 8.78 Å². The molecule has 102 valence electrons. The third kappa shape index (κ3) is 3.04. The molecule has 19 heavy (non-hydrogen) atoms. The molecule has 1 unspecified atom stereocenters. The zero-order valence-corrected chi connectivity index (χ0v) is 13.0. The fraction of sp³-hybridized carbons (Fsp3) is 0.286. The second-order valence-electron chi connectivity index (χ2n) is 4.72. The lowest BCUT2D eigenvalue weighted by atomic mass is 10.0. The number of benzene rings is 1. The Morgan fingerprint density at radius 2 is 1.84 bits per heavy atom. The highest BCUT2D eigenvalue weighted by Gasteiger charge is 2.16. The standard InChI is InChI=1S/C14H14BrF2NS/c1-7(2)14(18)13-4-3-12(19-13)8-5-9(15)11(17)6-10(8)16/h3-7,14H,18H2,1-2H3. The van der Waals surface area contributed by atoms with Crippen molar-refractivity contribution in [1.82, 2.24) is 0 Å². The van der Waals surface area contributed by atoms with Gasteiger partial charge < -0.3 is 5.73 Å². The minimum Gasteiger partial charge on any atom is -0.323 e. The second kappa shape index (κ2) is 5.69. The summed E-state index contributed by atoms with van der Waals surface area (Å²) in [6.45, 7) is 4.08. The van der Waals surface area contributed by atoms with Crippen LogP contribution < -0.4 is 5.73 Å². The van der Waals surface area contributed by atoms with Gasteiger partial charge in [-0.05, 0) is 40.0 Å². The van der Waals surface area contributed by atoms with E-state index in [1.807, 2.05) is 26.0 Å². The maximum atomic E-state index is 13.8. The minimum absolute atomic E-state index is 0.0642. The molecule has 1 atom stereocenters. The summed E-state index contributed by atoms with van der Waals surface area (Å²) in [4.78, 5) is 1.76. The predicted octanol–water partition coefficient (Wildman–Crippen LogP) is 5.11. The second-order valence-corrected chi connectivity index (χ2v) is 6.69. The first-order chi connectivity index (χ1) is 8.90. The maximum absolute atomic E-state index is 13.8. The number of hydrogen-bond donors (Lipinski definition) is 1. The van der Waals surface area contributed by atoms with Crippen molar-refractivity contribution in [3.05, 3.63) is 45.2 Å². The Morgan fingerprint density at radius 3 is 2.47 bits per heavy atom. The van der Waals surface area contributed by atoms with Crippen LogP contribution in [-0.2, 0) is 0 Å². The molecule has 2 N–H and O–H groups in total. The Kier molecular flexibility index (Phi) is 4.38. The SMILES string of the molecule is CC(C)C(N)c1ccc(-c2cc(Br)c(F)cc2F)s1. The van der Waals surface area contributed by atoms with Crippen molar-refractivity contribution in [2.45, 2.75) is 19.9 Å². The van der Waals surface area contributed by atoms with E-state index >= 15 is 0 Å². The molecule has 1 aromatic heterocycles. The van der Waals surface area contributed by atoms with Crippen LogP contribution in [0.15, 0.2) is 28.7 Å². The molecule has 0 spiro atoms. The van der Waals surface area contributed by atoms with Crippen molar-refractivity contribution >= 4 is 27.3 Å². The van der Waals surface area contributed by atoms with Crippen molar-refractivity contribution in [3.8, 4) is 10.4 Å². The summed E-state index contributed by atoms with van der Waals surface area (Å²) in [5.41, 5.74) is 6.46. The zero-order valence-electron chi connectivity index (χ0n) is 10.6. The van der Waals surface area contributed by atoms with Gasteiger partial charge in [-0.2, -0.15) is 0 Å². The van der Waals surface area contributed by atoms with Crippen LogP contribution in [0.1, 0.15) is 24.8 Å². The highest BCUT2D eigenvalue weighted by Crippen LogP contribution is 2.36. The molecule has 0 saturated carbocycles. The van der Waals surface area contributed by atoms with E-state index < -0.39 is 11.6 Å². The first kappa shape index (κ1) is 14.6. The molecule has 0 aliphatic heterocycles. The Balaban J connectivity index is 2.41. The Bertz CT molecular complexity index is 595. The Hall–Kier alpha value is -0.780. The average Bonchev–Trinajstić information content (AvgIpc) is 2.81. The summed E-state index contributed by atoms with van der Waals surface area (Å²) < 4.78 is 27.3. The van der Waals surface area contributed by atoms with Crippen LogP contribution in [0.25, 0.3) is 10.4 Å². The number of rotatable bonds is 3. The molecule has 1 heterocycles. The third-order valence-corrected chi connectivity index (χ3v) is 4.78. The van der Waals surface area contributed by atoms with Gasteiger partial charge in [-0.3, -0.25) is 0 Å². The first-order valence-corrected chi connectivity index (χ1v) is 7.51. The average molecular weight is 346 g/mol. The van der Waals surface area contributed by atoms with Gasteiger partial charge in [0.25, 0.3) is 0 Å². The molecule has 0 bridgehead atoms. The number of hydrogen-bond acceptors (Lipinski definition) is 2. The highest BCUT2D eigenvalue weighted by molar-refractivity contribution is 9.10. The van der Waals surface area contributed by atoms with Crippen molar-refractivity contribution in [2.24, 2.45) is 11.7 Å². The van der Waals surface area contributed by atoms with Gasteiger partial charge in [0.15, 0.2) is 0 Å². The summed E-state index contributed by atoms with van der Waals surface area (Å²) in [7, 11) is 0. The van der Waals surface area contributed by atoms with E-state index in [2.05, 4.69) is 15.9 Å². The van der Waals surface area contributed by atoms with E-state index in [1.54, 1.807) is 0 Å². The molecule has 1 aromatic carbocycles. The van der Waals surface area contributed by atoms with Gasteiger partial charge in [0.1, 0.15) is 11.6 Å². The Morgan fingerprint density at radius 1 is 1.16 bits per heavy atom. The normalized spacial score (nSPS) is 13.0. The topological polar surface area (TPSA) is 26.0 Å². The van der Waals surface area contributed by atoms with Crippen molar-refractivity contribution in [1.29, 1.82) is 0 Å². The molecule has 2 rings (SSSR count). The third-order valence-electron chi connectivity index (χ3n) is 2.95. The number of nitrogens with two attached hydrogens (primary N) is 1. The van der Waals surface area contributed by atoms with Crippen LogP contribution in [0.3, 0.4) is 0 Å². The quantitative estimate of drug-likeness (QED) is 0.768. The van der Waals surface area contributed by atoms with Gasteiger partial charge in [-0.1, -0.05) is 13.8 Å². The summed E-state index contributed by atoms with van der Waals surface area (Å²) >= 11 is 4.52. The summed E-state index contributed by atoms with van der Waals surface area (Å²) in [6.07, 6.45) is 0. The zero-order chi connectivity index (χ0) is 14.2. The molecule has 0 fully saturated rings. The smallest absolute Gasteiger partial charge is 0.140 e. The molecule has 0 amide bonds.